The van der Waals surface area contributed by atoms with Gasteiger partial charge in [0, 0.05) is 5.69 Å². The molecule has 1 aliphatic heterocycles. The fourth-order valence-electron chi connectivity index (χ4n) is 3.82. The van der Waals surface area contributed by atoms with Gasteiger partial charge in [-0.15, -0.1) is 0 Å². The molecule has 1 saturated heterocycles. The van der Waals surface area contributed by atoms with Gasteiger partial charge in [0.1, 0.15) is 18.4 Å². The van der Waals surface area contributed by atoms with Crippen LogP contribution < -0.4 is 14.5 Å². The second-order valence-corrected chi connectivity index (χ2v) is 7.43. The molecule has 2 aromatic rings. The molecule has 2 aromatic carbocycles. The lowest BCUT2D eigenvalue weighted by molar-refractivity contribution is -0.903. The molecule has 0 aromatic heterocycles. The third kappa shape index (κ3) is 5.71. The van der Waals surface area contributed by atoms with Gasteiger partial charge in [-0.3, -0.25) is 0 Å². The van der Waals surface area contributed by atoms with Gasteiger partial charge in [0.2, 0.25) is 0 Å². The fourth-order valence-corrected chi connectivity index (χ4v) is 3.82. The van der Waals surface area contributed by atoms with Gasteiger partial charge in [0.25, 0.3) is 0 Å². The molecule has 5 heteroatoms. The second-order valence-electron chi connectivity index (χ2n) is 7.43. The van der Waals surface area contributed by atoms with E-state index in [9.17, 15) is 5.11 Å². The maximum atomic E-state index is 10.5. The Morgan fingerprint density at radius 3 is 2.32 bits per heavy atom. The monoisotopic (exact) mass is 385 g/mol. The average Bonchev–Trinajstić information content (AvgIpc) is 2.75. The molecule has 2 N–H and O–H groups in total. The van der Waals surface area contributed by atoms with Crippen molar-refractivity contribution in [2.75, 3.05) is 51.3 Å². The molecular formula is C23H33N2O3+. The quantitative estimate of drug-likeness (QED) is 0.693. The minimum atomic E-state index is -0.430. The summed E-state index contributed by atoms with van der Waals surface area (Å²) >= 11 is 0. The molecule has 1 aliphatic rings. The third-order valence-corrected chi connectivity index (χ3v) is 5.46. The predicted octanol–water partition coefficient (Wildman–Crippen LogP) is 1.93. The molecule has 152 valence electrons. The third-order valence-electron chi connectivity index (χ3n) is 5.46. The Kier molecular flexibility index (Phi) is 7.71. The van der Waals surface area contributed by atoms with Crippen molar-refractivity contribution in [2.45, 2.75) is 25.6 Å². The Balaban J connectivity index is 1.41. The summed E-state index contributed by atoms with van der Waals surface area (Å²) in [6.45, 7) is 7.29. The molecule has 0 bridgehead atoms. The first-order valence-electron chi connectivity index (χ1n) is 10.3. The lowest BCUT2D eigenvalue weighted by Crippen LogP contribution is -3.16. The number of ether oxygens (including phenoxy) is 2. The van der Waals surface area contributed by atoms with Gasteiger partial charge in [-0.2, -0.15) is 0 Å². The lowest BCUT2D eigenvalue weighted by atomic mass is 10.1. The molecule has 0 spiro atoms. The van der Waals surface area contributed by atoms with Crippen molar-refractivity contribution in [3.63, 3.8) is 0 Å². The first-order valence-corrected chi connectivity index (χ1v) is 10.3. The maximum Gasteiger partial charge on any atom is 0.126 e. The smallest absolute Gasteiger partial charge is 0.126 e. The molecule has 2 atom stereocenters. The summed E-state index contributed by atoms with van der Waals surface area (Å²) in [6, 6.07) is 18.5. The summed E-state index contributed by atoms with van der Waals surface area (Å²) in [4.78, 5) is 3.84. The molecule has 0 radical (unpaired) electrons. The Bertz CT molecular complexity index is 685. The molecule has 1 fully saturated rings. The van der Waals surface area contributed by atoms with Gasteiger partial charge >= 0.3 is 0 Å². The minimum Gasteiger partial charge on any atom is -0.497 e. The van der Waals surface area contributed by atoms with E-state index in [1.165, 1.54) is 16.2 Å². The van der Waals surface area contributed by atoms with Crippen LogP contribution in [0, 0.1) is 0 Å². The largest absolute Gasteiger partial charge is 0.497 e. The molecule has 0 aliphatic carbocycles. The lowest BCUT2D eigenvalue weighted by Gasteiger charge is -2.34. The van der Waals surface area contributed by atoms with E-state index in [-0.39, 0.29) is 6.10 Å². The summed E-state index contributed by atoms with van der Waals surface area (Å²) in [5.74, 6) is 0.886. The van der Waals surface area contributed by atoms with Crippen molar-refractivity contribution in [1.82, 2.24) is 0 Å². The van der Waals surface area contributed by atoms with E-state index in [2.05, 4.69) is 36.1 Å². The summed E-state index contributed by atoms with van der Waals surface area (Å²) in [6.07, 6.45) is 0.530. The van der Waals surface area contributed by atoms with Crippen molar-refractivity contribution in [2.24, 2.45) is 0 Å². The van der Waals surface area contributed by atoms with Crippen LogP contribution in [-0.4, -0.2) is 57.7 Å². The van der Waals surface area contributed by atoms with Crippen LogP contribution in [0.3, 0.4) is 0 Å². The summed E-state index contributed by atoms with van der Waals surface area (Å²) in [7, 11) is 1.69. The summed E-state index contributed by atoms with van der Waals surface area (Å²) in [5, 5.41) is 10.5. The standard InChI is InChI=1S/C23H32N2O3/c1-3-23(19-7-5-4-6-8-19)28-18-21(26)17-24-13-15-25(16-14-24)20-9-11-22(27-2)12-10-20/h4-12,21,23,26H,3,13-18H2,1-2H3/p+1/t21-,23+/m0/s1. The summed E-state index contributed by atoms with van der Waals surface area (Å²) < 4.78 is 11.2. The van der Waals surface area contributed by atoms with Crippen LogP contribution in [-0.2, 0) is 4.74 Å². The number of aliphatic hydroxyl groups is 1. The number of nitrogens with one attached hydrogen (secondary N) is 1. The number of piperazine rings is 1. The number of hydrogen-bond donors (Lipinski definition) is 2. The highest BCUT2D eigenvalue weighted by Crippen LogP contribution is 2.21. The number of methoxy groups -OCH3 is 1. The van der Waals surface area contributed by atoms with E-state index >= 15 is 0 Å². The zero-order chi connectivity index (χ0) is 19.8. The minimum absolute atomic E-state index is 0.0535. The highest BCUT2D eigenvalue weighted by atomic mass is 16.5. The Morgan fingerprint density at radius 1 is 1.04 bits per heavy atom. The normalized spacial score (nSPS) is 17.3. The first kappa shape index (κ1) is 20.6. The molecule has 3 rings (SSSR count). The van der Waals surface area contributed by atoms with E-state index in [1.807, 2.05) is 30.3 Å². The van der Waals surface area contributed by atoms with Crippen LogP contribution in [0.25, 0.3) is 0 Å². The molecule has 5 nitrogen and oxygen atoms in total. The van der Waals surface area contributed by atoms with Gasteiger partial charge in [-0.25, -0.2) is 0 Å². The van der Waals surface area contributed by atoms with Gasteiger partial charge in [-0.05, 0) is 36.2 Å². The number of quaternary nitrogens is 1. The molecule has 28 heavy (non-hydrogen) atoms. The van der Waals surface area contributed by atoms with Crippen LogP contribution in [0.2, 0.25) is 0 Å². The van der Waals surface area contributed by atoms with E-state index in [4.69, 9.17) is 9.47 Å². The van der Waals surface area contributed by atoms with Gasteiger partial charge in [0.15, 0.2) is 0 Å². The Hall–Kier alpha value is -2.08. The second kappa shape index (κ2) is 10.5. The van der Waals surface area contributed by atoms with Crippen LogP contribution >= 0.6 is 0 Å². The topological polar surface area (TPSA) is 46.4 Å². The number of nitrogens with zero attached hydrogens (tertiary/aromatic N) is 1. The molecule has 0 saturated carbocycles. The van der Waals surface area contributed by atoms with Gasteiger partial charge in [-0.1, -0.05) is 37.3 Å². The van der Waals surface area contributed by atoms with Crippen LogP contribution in [0.5, 0.6) is 5.75 Å². The van der Waals surface area contributed by atoms with Crippen molar-refractivity contribution < 1.29 is 19.5 Å². The Labute approximate surface area is 168 Å². The van der Waals surface area contributed by atoms with Gasteiger partial charge < -0.3 is 24.4 Å². The SMILES string of the molecule is CC[C@@H](OC[C@@H](O)C[NH+]1CCN(c2ccc(OC)cc2)CC1)c1ccccc1. The van der Waals surface area contributed by atoms with Crippen LogP contribution in [0.15, 0.2) is 54.6 Å². The molecule has 1 heterocycles. The van der Waals surface area contributed by atoms with Crippen molar-refractivity contribution in [3.05, 3.63) is 60.2 Å². The van der Waals surface area contributed by atoms with E-state index in [0.717, 1.165) is 44.9 Å². The highest BCUT2D eigenvalue weighted by Gasteiger charge is 2.23. The van der Waals surface area contributed by atoms with E-state index < -0.39 is 6.10 Å². The number of aliphatic hydroxyl groups excluding tert-OH is 1. The van der Waals surface area contributed by atoms with E-state index in [0.29, 0.717) is 6.61 Å². The number of rotatable bonds is 9. The van der Waals surface area contributed by atoms with Gasteiger partial charge in [0.05, 0.1) is 46.0 Å². The van der Waals surface area contributed by atoms with Crippen molar-refractivity contribution >= 4 is 5.69 Å². The molecule has 0 unspecified atom stereocenters. The molecular weight excluding hydrogens is 352 g/mol. The summed E-state index contributed by atoms with van der Waals surface area (Å²) in [5.41, 5.74) is 2.41. The zero-order valence-electron chi connectivity index (χ0n) is 17.0. The van der Waals surface area contributed by atoms with Crippen molar-refractivity contribution in [3.8, 4) is 5.75 Å². The average molecular weight is 386 g/mol. The van der Waals surface area contributed by atoms with Crippen LogP contribution in [0.1, 0.15) is 25.0 Å². The van der Waals surface area contributed by atoms with Crippen LogP contribution in [0.4, 0.5) is 5.69 Å². The number of benzene rings is 2. The Morgan fingerprint density at radius 2 is 1.71 bits per heavy atom. The number of hydrogen-bond acceptors (Lipinski definition) is 4. The fraction of sp³-hybridized carbons (Fsp3) is 0.478. The molecule has 0 amide bonds. The zero-order valence-corrected chi connectivity index (χ0v) is 17.0. The maximum absolute atomic E-state index is 10.5. The highest BCUT2D eigenvalue weighted by molar-refractivity contribution is 5.49. The van der Waals surface area contributed by atoms with Crippen molar-refractivity contribution in [1.29, 1.82) is 0 Å². The number of anilines is 1. The predicted molar refractivity (Wildman–Crippen MR) is 112 cm³/mol. The van der Waals surface area contributed by atoms with E-state index in [1.54, 1.807) is 7.11 Å². The first-order chi connectivity index (χ1) is 13.7.